The Bertz CT molecular complexity index is 232. The van der Waals surface area contributed by atoms with Crippen molar-refractivity contribution in [3.63, 3.8) is 0 Å². The summed E-state index contributed by atoms with van der Waals surface area (Å²) in [6.45, 7) is 8.50. The third-order valence-electron chi connectivity index (χ3n) is 1.38. The monoisotopic (exact) mass is 153 g/mol. The molecule has 0 fully saturated rings. The standard InChI is InChI=1S/C9H15NO/c1-7-5-8(11-10-7)6-9(2,3)4/h5H,6H2,1-4H3. The van der Waals surface area contributed by atoms with Crippen LogP contribution < -0.4 is 0 Å². The highest BCUT2D eigenvalue weighted by molar-refractivity contribution is 5.04. The Morgan fingerprint density at radius 1 is 1.45 bits per heavy atom. The van der Waals surface area contributed by atoms with E-state index in [9.17, 15) is 0 Å². The highest BCUT2D eigenvalue weighted by Crippen LogP contribution is 2.20. The Labute approximate surface area is 67.6 Å². The van der Waals surface area contributed by atoms with Gasteiger partial charge in [0.2, 0.25) is 0 Å². The van der Waals surface area contributed by atoms with Gasteiger partial charge >= 0.3 is 0 Å². The smallest absolute Gasteiger partial charge is 0.137 e. The Kier molecular flexibility index (Phi) is 2.03. The van der Waals surface area contributed by atoms with Crippen LogP contribution in [-0.2, 0) is 6.42 Å². The van der Waals surface area contributed by atoms with E-state index in [1.54, 1.807) is 0 Å². The van der Waals surface area contributed by atoms with E-state index in [-0.39, 0.29) is 5.41 Å². The van der Waals surface area contributed by atoms with Crippen molar-refractivity contribution in [1.82, 2.24) is 5.16 Å². The molecular formula is C9H15NO. The first-order valence-electron chi connectivity index (χ1n) is 3.89. The molecule has 0 aliphatic rings. The predicted octanol–water partition coefficient (Wildman–Crippen LogP) is 2.57. The van der Waals surface area contributed by atoms with Gasteiger partial charge in [0, 0.05) is 12.5 Å². The zero-order valence-corrected chi connectivity index (χ0v) is 7.64. The maximum absolute atomic E-state index is 5.09. The van der Waals surface area contributed by atoms with Crippen molar-refractivity contribution in [2.45, 2.75) is 34.1 Å². The molecule has 0 unspecified atom stereocenters. The fourth-order valence-electron chi connectivity index (χ4n) is 1.02. The van der Waals surface area contributed by atoms with Crippen molar-refractivity contribution >= 4 is 0 Å². The second-order valence-corrected chi connectivity index (χ2v) is 4.17. The third-order valence-corrected chi connectivity index (χ3v) is 1.38. The van der Waals surface area contributed by atoms with Crippen LogP contribution in [0, 0.1) is 12.3 Å². The minimum atomic E-state index is 0.284. The lowest BCUT2D eigenvalue weighted by molar-refractivity contribution is 0.319. The van der Waals surface area contributed by atoms with Crippen molar-refractivity contribution in [1.29, 1.82) is 0 Å². The minimum Gasteiger partial charge on any atom is -0.361 e. The van der Waals surface area contributed by atoms with Crippen molar-refractivity contribution in [3.05, 3.63) is 17.5 Å². The van der Waals surface area contributed by atoms with Gasteiger partial charge in [-0.05, 0) is 12.3 Å². The van der Waals surface area contributed by atoms with E-state index in [0.29, 0.717) is 0 Å². The molecule has 0 aliphatic carbocycles. The second-order valence-electron chi connectivity index (χ2n) is 4.17. The number of aryl methyl sites for hydroxylation is 1. The lowest BCUT2D eigenvalue weighted by Gasteiger charge is -2.14. The molecule has 1 aromatic heterocycles. The average Bonchev–Trinajstić information content (AvgIpc) is 2.10. The molecule has 0 radical (unpaired) electrons. The zero-order chi connectivity index (χ0) is 8.48. The van der Waals surface area contributed by atoms with Crippen molar-refractivity contribution in [2.24, 2.45) is 5.41 Å². The molecule has 0 aliphatic heterocycles. The maximum Gasteiger partial charge on any atom is 0.137 e. The summed E-state index contributed by atoms with van der Waals surface area (Å²) in [6, 6.07) is 1.99. The van der Waals surface area contributed by atoms with Gasteiger partial charge in [-0.25, -0.2) is 0 Å². The van der Waals surface area contributed by atoms with Crippen LogP contribution in [0.2, 0.25) is 0 Å². The SMILES string of the molecule is Cc1cc(CC(C)(C)C)on1. The third kappa shape index (κ3) is 2.74. The first kappa shape index (κ1) is 8.31. The van der Waals surface area contributed by atoms with Gasteiger partial charge in [-0.15, -0.1) is 0 Å². The Balaban J connectivity index is 2.65. The summed E-state index contributed by atoms with van der Waals surface area (Å²) in [6.07, 6.45) is 0.952. The molecule has 0 atom stereocenters. The number of rotatable bonds is 1. The molecule has 0 saturated heterocycles. The zero-order valence-electron chi connectivity index (χ0n) is 7.64. The summed E-state index contributed by atoms with van der Waals surface area (Å²) in [5.74, 6) is 0.981. The van der Waals surface area contributed by atoms with Crippen molar-refractivity contribution < 1.29 is 4.52 Å². The van der Waals surface area contributed by atoms with E-state index in [1.165, 1.54) is 0 Å². The molecule has 1 heterocycles. The fourth-order valence-corrected chi connectivity index (χ4v) is 1.02. The highest BCUT2D eigenvalue weighted by atomic mass is 16.5. The molecular weight excluding hydrogens is 138 g/mol. The average molecular weight is 153 g/mol. The molecule has 0 N–H and O–H groups in total. The summed E-state index contributed by atoms with van der Waals surface area (Å²) in [5, 5.41) is 3.83. The summed E-state index contributed by atoms with van der Waals surface area (Å²) >= 11 is 0. The van der Waals surface area contributed by atoms with Gasteiger partial charge in [-0.2, -0.15) is 0 Å². The number of hydrogen-bond acceptors (Lipinski definition) is 2. The van der Waals surface area contributed by atoms with E-state index in [1.807, 2.05) is 13.0 Å². The van der Waals surface area contributed by atoms with Gasteiger partial charge in [0.1, 0.15) is 5.76 Å². The van der Waals surface area contributed by atoms with E-state index >= 15 is 0 Å². The van der Waals surface area contributed by atoms with E-state index in [2.05, 4.69) is 25.9 Å². The largest absolute Gasteiger partial charge is 0.361 e. The summed E-state index contributed by atoms with van der Waals surface area (Å²) in [7, 11) is 0. The first-order chi connectivity index (χ1) is 4.97. The molecule has 2 nitrogen and oxygen atoms in total. The van der Waals surface area contributed by atoms with Crippen LogP contribution in [0.1, 0.15) is 32.2 Å². The van der Waals surface area contributed by atoms with Crippen LogP contribution in [0.25, 0.3) is 0 Å². The van der Waals surface area contributed by atoms with Crippen LogP contribution in [0.15, 0.2) is 10.6 Å². The lowest BCUT2D eigenvalue weighted by atomic mass is 9.91. The van der Waals surface area contributed by atoms with Crippen LogP contribution >= 0.6 is 0 Å². The maximum atomic E-state index is 5.09. The molecule has 62 valence electrons. The fraction of sp³-hybridized carbons (Fsp3) is 0.667. The Morgan fingerprint density at radius 3 is 2.45 bits per heavy atom. The summed E-state index contributed by atoms with van der Waals surface area (Å²) in [4.78, 5) is 0. The van der Waals surface area contributed by atoms with Gasteiger partial charge in [0.25, 0.3) is 0 Å². The van der Waals surface area contributed by atoms with Gasteiger partial charge < -0.3 is 4.52 Å². The molecule has 0 spiro atoms. The van der Waals surface area contributed by atoms with E-state index in [4.69, 9.17) is 4.52 Å². The quantitative estimate of drug-likeness (QED) is 0.619. The van der Waals surface area contributed by atoms with Gasteiger partial charge in [0.15, 0.2) is 0 Å². The van der Waals surface area contributed by atoms with E-state index < -0.39 is 0 Å². The first-order valence-corrected chi connectivity index (χ1v) is 3.89. The number of hydrogen-bond donors (Lipinski definition) is 0. The Hall–Kier alpha value is -0.790. The lowest BCUT2D eigenvalue weighted by Crippen LogP contribution is -2.08. The number of nitrogens with zero attached hydrogens (tertiary/aromatic N) is 1. The molecule has 0 aromatic carbocycles. The van der Waals surface area contributed by atoms with Gasteiger partial charge in [-0.3, -0.25) is 0 Å². The number of aromatic nitrogens is 1. The van der Waals surface area contributed by atoms with E-state index in [0.717, 1.165) is 17.9 Å². The topological polar surface area (TPSA) is 26.0 Å². The second kappa shape index (κ2) is 2.68. The molecule has 1 rings (SSSR count). The van der Waals surface area contributed by atoms with Crippen molar-refractivity contribution in [3.8, 4) is 0 Å². The van der Waals surface area contributed by atoms with Crippen LogP contribution in [-0.4, -0.2) is 5.16 Å². The molecule has 1 aromatic rings. The van der Waals surface area contributed by atoms with Gasteiger partial charge in [-0.1, -0.05) is 25.9 Å². The highest BCUT2D eigenvalue weighted by Gasteiger charge is 2.13. The van der Waals surface area contributed by atoms with Crippen molar-refractivity contribution in [2.75, 3.05) is 0 Å². The summed E-state index contributed by atoms with van der Waals surface area (Å²) < 4.78 is 5.09. The predicted molar refractivity (Wildman–Crippen MR) is 44.4 cm³/mol. The molecule has 2 heteroatoms. The molecule has 11 heavy (non-hydrogen) atoms. The minimum absolute atomic E-state index is 0.284. The normalized spacial score (nSPS) is 12.0. The molecule has 0 bridgehead atoms. The van der Waals surface area contributed by atoms with Crippen LogP contribution in [0.3, 0.4) is 0 Å². The molecule has 0 saturated carbocycles. The Morgan fingerprint density at radius 2 is 2.09 bits per heavy atom. The van der Waals surface area contributed by atoms with Crippen LogP contribution in [0.5, 0.6) is 0 Å². The summed E-state index contributed by atoms with van der Waals surface area (Å²) in [5.41, 5.74) is 1.25. The van der Waals surface area contributed by atoms with Crippen LogP contribution in [0.4, 0.5) is 0 Å². The van der Waals surface area contributed by atoms with Gasteiger partial charge in [0.05, 0.1) is 5.69 Å². The molecule has 0 amide bonds.